The molecule has 0 radical (unpaired) electrons. The fraction of sp³-hybridized carbons (Fsp3) is 0.600. The molecular weight excluding hydrogens is 316 g/mol. The zero-order chi connectivity index (χ0) is 17.2. The van der Waals surface area contributed by atoms with Crippen LogP contribution in [0.2, 0.25) is 0 Å². The van der Waals surface area contributed by atoms with Gasteiger partial charge in [-0.1, -0.05) is 0 Å². The average molecular weight is 340 g/mol. The van der Waals surface area contributed by atoms with Crippen LogP contribution in [0.25, 0.3) is 0 Å². The molecule has 4 bridgehead atoms. The van der Waals surface area contributed by atoms with E-state index in [0.717, 1.165) is 42.6 Å². The minimum absolute atomic E-state index is 0.00367. The van der Waals surface area contributed by atoms with E-state index in [2.05, 4.69) is 10.6 Å². The number of aryl methyl sites for hydroxylation is 1. The van der Waals surface area contributed by atoms with Gasteiger partial charge in [0, 0.05) is 0 Å². The lowest BCUT2D eigenvalue weighted by molar-refractivity contribution is -0.140. The molecule has 1 aromatic carbocycles. The van der Waals surface area contributed by atoms with Crippen LogP contribution in [0.5, 0.6) is 5.75 Å². The molecule has 4 aliphatic carbocycles. The molecule has 0 spiro atoms. The SMILES string of the molecule is Cc1cc2c(c(NC(=O)C34CC5CC(CC(C5)C3)C4)c1)OCC(=O)N2. The fourth-order valence-corrected chi connectivity index (χ4v) is 6.08. The van der Waals surface area contributed by atoms with E-state index in [9.17, 15) is 9.59 Å². The van der Waals surface area contributed by atoms with Crippen molar-refractivity contribution in [2.24, 2.45) is 23.2 Å². The van der Waals surface area contributed by atoms with Crippen molar-refractivity contribution in [3.63, 3.8) is 0 Å². The molecule has 6 rings (SSSR count). The predicted octanol–water partition coefficient (Wildman–Crippen LogP) is 3.48. The van der Waals surface area contributed by atoms with Crippen molar-refractivity contribution in [1.82, 2.24) is 0 Å². The fourth-order valence-electron chi connectivity index (χ4n) is 6.08. The number of benzene rings is 1. The van der Waals surface area contributed by atoms with Gasteiger partial charge < -0.3 is 15.4 Å². The van der Waals surface area contributed by atoms with E-state index in [1.165, 1.54) is 19.3 Å². The Bertz CT molecular complexity index is 735. The largest absolute Gasteiger partial charge is 0.479 e. The highest BCUT2D eigenvalue weighted by molar-refractivity contribution is 6.01. The van der Waals surface area contributed by atoms with Crippen molar-refractivity contribution in [2.45, 2.75) is 45.4 Å². The topological polar surface area (TPSA) is 67.4 Å². The summed E-state index contributed by atoms with van der Waals surface area (Å²) in [5.74, 6) is 2.79. The molecule has 4 fully saturated rings. The van der Waals surface area contributed by atoms with Crippen molar-refractivity contribution in [1.29, 1.82) is 0 Å². The van der Waals surface area contributed by atoms with Crippen LogP contribution in [0, 0.1) is 30.1 Å². The van der Waals surface area contributed by atoms with Crippen LogP contribution in [0.3, 0.4) is 0 Å². The van der Waals surface area contributed by atoms with E-state index >= 15 is 0 Å². The quantitative estimate of drug-likeness (QED) is 0.866. The molecule has 5 heteroatoms. The van der Waals surface area contributed by atoms with E-state index in [1.54, 1.807) is 0 Å². The Kier molecular flexibility index (Phi) is 3.19. The lowest BCUT2D eigenvalue weighted by atomic mass is 9.49. The van der Waals surface area contributed by atoms with E-state index in [4.69, 9.17) is 4.74 Å². The molecule has 4 saturated carbocycles. The number of hydrogen-bond acceptors (Lipinski definition) is 3. The smallest absolute Gasteiger partial charge is 0.262 e. The Morgan fingerprint density at radius 1 is 1.16 bits per heavy atom. The molecule has 1 heterocycles. The summed E-state index contributed by atoms with van der Waals surface area (Å²) < 4.78 is 5.61. The third kappa shape index (κ3) is 2.43. The number of carbonyl (C=O) groups is 2. The number of hydrogen-bond donors (Lipinski definition) is 2. The van der Waals surface area contributed by atoms with Crippen molar-refractivity contribution < 1.29 is 14.3 Å². The number of ether oxygens (including phenoxy) is 1. The van der Waals surface area contributed by atoms with Crippen LogP contribution in [0.1, 0.15) is 44.1 Å². The molecule has 0 aromatic heterocycles. The standard InChI is InChI=1S/C20H24N2O3/c1-11-2-15-18(25-10-17(23)21-15)16(3-11)22-19(24)20-7-12-4-13(8-20)6-14(5-12)9-20/h2-3,12-14H,4-10H2,1H3,(H,21,23)(H,22,24). The lowest BCUT2D eigenvalue weighted by Crippen LogP contribution is -2.51. The molecule has 5 nitrogen and oxygen atoms in total. The normalized spacial score (nSPS) is 34.9. The van der Waals surface area contributed by atoms with Crippen molar-refractivity contribution in [2.75, 3.05) is 17.2 Å². The van der Waals surface area contributed by atoms with Gasteiger partial charge in [-0.25, -0.2) is 0 Å². The predicted molar refractivity (Wildman–Crippen MR) is 94.5 cm³/mol. The minimum Gasteiger partial charge on any atom is -0.479 e. The summed E-state index contributed by atoms with van der Waals surface area (Å²) in [6.07, 6.45) is 7.08. The summed E-state index contributed by atoms with van der Waals surface area (Å²) in [7, 11) is 0. The monoisotopic (exact) mass is 340 g/mol. The van der Waals surface area contributed by atoms with Crippen LogP contribution in [-0.2, 0) is 9.59 Å². The first-order valence-corrected chi connectivity index (χ1v) is 9.39. The molecule has 2 amide bonds. The Balaban J connectivity index is 1.44. The molecule has 0 unspecified atom stereocenters. The van der Waals surface area contributed by atoms with Crippen LogP contribution in [-0.4, -0.2) is 18.4 Å². The molecule has 25 heavy (non-hydrogen) atoms. The molecule has 2 N–H and O–H groups in total. The summed E-state index contributed by atoms with van der Waals surface area (Å²) in [5, 5.41) is 6.00. The highest BCUT2D eigenvalue weighted by Gasteiger charge is 2.54. The van der Waals surface area contributed by atoms with Crippen LogP contribution in [0.15, 0.2) is 12.1 Å². The first-order valence-electron chi connectivity index (χ1n) is 9.39. The molecule has 132 valence electrons. The molecule has 0 atom stereocenters. The van der Waals surface area contributed by atoms with E-state index in [1.807, 2.05) is 19.1 Å². The van der Waals surface area contributed by atoms with Gasteiger partial charge in [0.05, 0.1) is 16.8 Å². The van der Waals surface area contributed by atoms with Gasteiger partial charge in [-0.15, -0.1) is 0 Å². The molecule has 1 aromatic rings. The Hall–Kier alpha value is -2.04. The second kappa shape index (κ2) is 5.23. The van der Waals surface area contributed by atoms with Gasteiger partial charge in [0.2, 0.25) is 5.91 Å². The van der Waals surface area contributed by atoms with Crippen LogP contribution < -0.4 is 15.4 Å². The van der Waals surface area contributed by atoms with Crippen LogP contribution in [0.4, 0.5) is 11.4 Å². The second-order valence-electron chi connectivity index (χ2n) is 8.68. The first kappa shape index (κ1) is 15.2. The molecule has 1 aliphatic heterocycles. The molecule has 5 aliphatic rings. The van der Waals surface area contributed by atoms with Crippen molar-refractivity contribution in [3.8, 4) is 5.75 Å². The highest BCUT2D eigenvalue weighted by atomic mass is 16.5. The highest BCUT2D eigenvalue weighted by Crippen LogP contribution is 2.60. The van der Waals surface area contributed by atoms with Crippen molar-refractivity contribution in [3.05, 3.63) is 17.7 Å². The van der Waals surface area contributed by atoms with Gasteiger partial charge >= 0.3 is 0 Å². The Morgan fingerprint density at radius 3 is 2.44 bits per heavy atom. The number of nitrogens with one attached hydrogen (secondary N) is 2. The first-order chi connectivity index (χ1) is 12.0. The van der Waals surface area contributed by atoms with Gasteiger partial charge in [-0.3, -0.25) is 9.59 Å². The zero-order valence-corrected chi connectivity index (χ0v) is 14.6. The third-order valence-electron chi connectivity index (χ3n) is 6.62. The third-order valence-corrected chi connectivity index (χ3v) is 6.62. The van der Waals surface area contributed by atoms with Crippen LogP contribution >= 0.6 is 0 Å². The van der Waals surface area contributed by atoms with Gasteiger partial charge in [-0.05, 0) is 80.9 Å². The Labute approximate surface area is 147 Å². The summed E-state index contributed by atoms with van der Waals surface area (Å²) in [6.45, 7) is 1.96. The van der Waals surface area contributed by atoms with E-state index in [0.29, 0.717) is 17.1 Å². The van der Waals surface area contributed by atoms with Gasteiger partial charge in [0.15, 0.2) is 12.4 Å². The molecular formula is C20H24N2O3. The van der Waals surface area contributed by atoms with Gasteiger partial charge in [0.25, 0.3) is 5.91 Å². The van der Waals surface area contributed by atoms with Crippen molar-refractivity contribution >= 4 is 23.2 Å². The van der Waals surface area contributed by atoms with Gasteiger partial charge in [-0.2, -0.15) is 0 Å². The maximum atomic E-state index is 13.3. The van der Waals surface area contributed by atoms with Gasteiger partial charge in [0.1, 0.15) is 0 Å². The second-order valence-corrected chi connectivity index (χ2v) is 8.68. The molecule has 0 saturated heterocycles. The number of anilines is 2. The minimum atomic E-state index is -0.191. The maximum Gasteiger partial charge on any atom is 0.262 e. The van der Waals surface area contributed by atoms with E-state index < -0.39 is 0 Å². The number of carbonyl (C=O) groups excluding carboxylic acids is 2. The number of amides is 2. The summed E-state index contributed by atoms with van der Waals surface area (Å²) >= 11 is 0. The summed E-state index contributed by atoms with van der Waals surface area (Å²) in [4.78, 5) is 24.8. The lowest BCUT2D eigenvalue weighted by Gasteiger charge is -2.55. The number of rotatable bonds is 2. The Morgan fingerprint density at radius 2 is 1.80 bits per heavy atom. The number of fused-ring (bicyclic) bond motifs is 1. The maximum absolute atomic E-state index is 13.3. The zero-order valence-electron chi connectivity index (χ0n) is 14.6. The summed E-state index contributed by atoms with van der Waals surface area (Å²) in [6, 6.07) is 3.82. The average Bonchev–Trinajstić information content (AvgIpc) is 2.52. The van der Waals surface area contributed by atoms with E-state index in [-0.39, 0.29) is 23.8 Å². The summed E-state index contributed by atoms with van der Waals surface area (Å²) in [5.41, 5.74) is 2.14.